The quantitative estimate of drug-likeness (QED) is 0.791. The summed E-state index contributed by atoms with van der Waals surface area (Å²) in [6, 6.07) is 7.77. The van der Waals surface area contributed by atoms with E-state index in [-0.39, 0.29) is 12.5 Å². The van der Waals surface area contributed by atoms with Crippen LogP contribution in [0.3, 0.4) is 0 Å². The highest BCUT2D eigenvalue weighted by Gasteiger charge is 2.51. The fourth-order valence-corrected chi connectivity index (χ4v) is 2.85. The summed E-state index contributed by atoms with van der Waals surface area (Å²) in [5.41, 5.74) is 0.557. The first-order valence-electron chi connectivity index (χ1n) is 7.27. The van der Waals surface area contributed by atoms with Crippen molar-refractivity contribution in [1.29, 1.82) is 0 Å². The van der Waals surface area contributed by atoms with Crippen molar-refractivity contribution < 1.29 is 14.7 Å². The molecule has 0 saturated heterocycles. The predicted octanol–water partition coefficient (Wildman–Crippen LogP) is 3.10. The molecule has 1 aliphatic rings. The first-order valence-corrected chi connectivity index (χ1v) is 8.06. The van der Waals surface area contributed by atoms with Crippen LogP contribution < -0.4 is 5.32 Å². The van der Waals surface area contributed by atoms with Crippen molar-refractivity contribution in [3.8, 4) is 0 Å². The monoisotopic (exact) mass is 353 g/mol. The molecule has 1 saturated carbocycles. The zero-order chi connectivity index (χ0) is 15.5. The highest BCUT2D eigenvalue weighted by molar-refractivity contribution is 9.10. The van der Waals surface area contributed by atoms with Crippen LogP contribution in [0.1, 0.15) is 38.2 Å². The van der Waals surface area contributed by atoms with Gasteiger partial charge in [0.25, 0.3) is 0 Å². The van der Waals surface area contributed by atoms with E-state index in [1.165, 1.54) is 0 Å². The highest BCUT2D eigenvalue weighted by Crippen LogP contribution is 2.48. The van der Waals surface area contributed by atoms with Gasteiger partial charge in [0.05, 0.1) is 11.3 Å². The van der Waals surface area contributed by atoms with Crippen LogP contribution in [0.15, 0.2) is 28.7 Å². The van der Waals surface area contributed by atoms with Crippen LogP contribution >= 0.6 is 15.9 Å². The smallest absolute Gasteiger partial charge is 0.308 e. The topological polar surface area (TPSA) is 66.4 Å². The molecule has 2 rings (SSSR count). The number of aliphatic carboxylic acids is 1. The van der Waals surface area contributed by atoms with Crippen LogP contribution in [0.5, 0.6) is 0 Å². The molecule has 0 aromatic heterocycles. The predicted molar refractivity (Wildman–Crippen MR) is 84.1 cm³/mol. The summed E-state index contributed by atoms with van der Waals surface area (Å²) in [5.74, 6) is -1.39. The van der Waals surface area contributed by atoms with E-state index in [4.69, 9.17) is 5.11 Å². The maximum absolute atomic E-state index is 12.4. The molecule has 1 unspecified atom stereocenters. The Morgan fingerprint density at radius 2 is 1.95 bits per heavy atom. The number of hydrogen-bond acceptors (Lipinski definition) is 2. The SMILES string of the molecule is CCCC(CNC(=O)C1(c2ccc(Br)cc2)CC1)C(=O)O. The largest absolute Gasteiger partial charge is 0.481 e. The van der Waals surface area contributed by atoms with Gasteiger partial charge in [0.15, 0.2) is 0 Å². The Balaban J connectivity index is 1.99. The van der Waals surface area contributed by atoms with Crippen LogP contribution in [-0.4, -0.2) is 23.5 Å². The molecule has 0 spiro atoms. The van der Waals surface area contributed by atoms with E-state index in [1.807, 2.05) is 31.2 Å². The number of carbonyl (C=O) groups excluding carboxylic acids is 1. The number of carboxylic acids is 1. The second kappa shape index (κ2) is 6.60. The van der Waals surface area contributed by atoms with Gasteiger partial charge in [-0.3, -0.25) is 9.59 Å². The number of rotatable bonds is 7. The summed E-state index contributed by atoms with van der Waals surface area (Å²) >= 11 is 3.39. The molecule has 1 aromatic rings. The van der Waals surface area contributed by atoms with Gasteiger partial charge in [-0.25, -0.2) is 0 Å². The average molecular weight is 354 g/mol. The van der Waals surface area contributed by atoms with Gasteiger partial charge < -0.3 is 10.4 Å². The second-order valence-corrected chi connectivity index (χ2v) is 6.54. The van der Waals surface area contributed by atoms with Gasteiger partial charge in [0.1, 0.15) is 0 Å². The molecular formula is C16H20BrNO3. The molecule has 0 radical (unpaired) electrons. The standard InChI is InChI=1S/C16H20BrNO3/c1-2-3-11(14(19)20)10-18-15(21)16(8-9-16)12-4-6-13(17)7-5-12/h4-7,11H,2-3,8-10H2,1H3,(H,18,21)(H,19,20). The molecule has 0 bridgehead atoms. The number of nitrogens with one attached hydrogen (secondary N) is 1. The highest BCUT2D eigenvalue weighted by atomic mass is 79.9. The Morgan fingerprint density at radius 1 is 1.33 bits per heavy atom. The zero-order valence-electron chi connectivity index (χ0n) is 12.1. The lowest BCUT2D eigenvalue weighted by Crippen LogP contribution is -2.39. The first-order chi connectivity index (χ1) is 9.99. The number of amides is 1. The first kappa shape index (κ1) is 16.0. The van der Waals surface area contributed by atoms with Gasteiger partial charge in [0.2, 0.25) is 5.91 Å². The van der Waals surface area contributed by atoms with Crippen LogP contribution in [0.4, 0.5) is 0 Å². The molecule has 1 atom stereocenters. The molecule has 21 heavy (non-hydrogen) atoms. The molecular weight excluding hydrogens is 334 g/mol. The van der Waals surface area contributed by atoms with Crippen LogP contribution in [0.25, 0.3) is 0 Å². The van der Waals surface area contributed by atoms with Crippen LogP contribution in [0, 0.1) is 5.92 Å². The van der Waals surface area contributed by atoms with E-state index < -0.39 is 17.3 Å². The van der Waals surface area contributed by atoms with Crippen molar-refractivity contribution in [2.24, 2.45) is 5.92 Å². The molecule has 1 amide bonds. The number of carboxylic acid groups (broad SMARTS) is 1. The maximum Gasteiger partial charge on any atom is 0.308 e. The molecule has 5 heteroatoms. The molecule has 114 valence electrons. The minimum absolute atomic E-state index is 0.0489. The third-order valence-corrected chi connectivity index (χ3v) is 4.61. The minimum atomic E-state index is -0.842. The molecule has 1 aliphatic carbocycles. The molecule has 1 aromatic carbocycles. The Kier molecular flexibility index (Phi) is 5.04. The fourth-order valence-electron chi connectivity index (χ4n) is 2.59. The summed E-state index contributed by atoms with van der Waals surface area (Å²) in [7, 11) is 0. The molecule has 0 heterocycles. The van der Waals surface area contributed by atoms with E-state index in [0.717, 1.165) is 29.3 Å². The lowest BCUT2D eigenvalue weighted by molar-refractivity contribution is -0.142. The minimum Gasteiger partial charge on any atom is -0.481 e. The summed E-state index contributed by atoms with van der Waals surface area (Å²) < 4.78 is 0.983. The van der Waals surface area contributed by atoms with Crippen molar-refractivity contribution in [1.82, 2.24) is 5.32 Å². The summed E-state index contributed by atoms with van der Waals surface area (Å²) in [6.45, 7) is 2.16. The summed E-state index contributed by atoms with van der Waals surface area (Å²) in [4.78, 5) is 23.5. The van der Waals surface area contributed by atoms with E-state index in [9.17, 15) is 9.59 Å². The van der Waals surface area contributed by atoms with Crippen molar-refractivity contribution in [2.75, 3.05) is 6.54 Å². The van der Waals surface area contributed by atoms with Gasteiger partial charge in [-0.05, 0) is 37.0 Å². The van der Waals surface area contributed by atoms with Crippen molar-refractivity contribution in [3.05, 3.63) is 34.3 Å². The van der Waals surface area contributed by atoms with Gasteiger partial charge >= 0.3 is 5.97 Å². The number of halogens is 1. The fraction of sp³-hybridized carbons (Fsp3) is 0.500. The third kappa shape index (κ3) is 3.64. The van der Waals surface area contributed by atoms with Gasteiger partial charge in [-0.1, -0.05) is 41.4 Å². The maximum atomic E-state index is 12.4. The Hall–Kier alpha value is -1.36. The average Bonchev–Trinajstić information content (AvgIpc) is 3.25. The lowest BCUT2D eigenvalue weighted by atomic mass is 9.94. The molecule has 1 fully saturated rings. The molecule has 4 nitrogen and oxygen atoms in total. The normalized spacial score (nSPS) is 17.0. The van der Waals surface area contributed by atoms with Gasteiger partial charge in [0, 0.05) is 11.0 Å². The third-order valence-electron chi connectivity index (χ3n) is 4.08. The van der Waals surface area contributed by atoms with E-state index in [0.29, 0.717) is 6.42 Å². The summed E-state index contributed by atoms with van der Waals surface area (Å²) in [5, 5.41) is 12.0. The summed E-state index contributed by atoms with van der Waals surface area (Å²) in [6.07, 6.45) is 3.03. The van der Waals surface area contributed by atoms with Gasteiger partial charge in [-0.2, -0.15) is 0 Å². The van der Waals surface area contributed by atoms with Gasteiger partial charge in [-0.15, -0.1) is 0 Å². The van der Waals surface area contributed by atoms with Crippen molar-refractivity contribution in [3.63, 3.8) is 0 Å². The Morgan fingerprint density at radius 3 is 2.43 bits per heavy atom. The lowest BCUT2D eigenvalue weighted by Gasteiger charge is -2.18. The van der Waals surface area contributed by atoms with Crippen molar-refractivity contribution >= 4 is 27.8 Å². The Bertz CT molecular complexity index is 523. The Labute approximate surface area is 133 Å². The zero-order valence-corrected chi connectivity index (χ0v) is 13.6. The van der Waals surface area contributed by atoms with E-state index >= 15 is 0 Å². The number of benzene rings is 1. The second-order valence-electron chi connectivity index (χ2n) is 5.62. The molecule has 0 aliphatic heterocycles. The molecule has 2 N–H and O–H groups in total. The number of hydrogen-bond donors (Lipinski definition) is 2. The van der Waals surface area contributed by atoms with Crippen LogP contribution in [-0.2, 0) is 15.0 Å². The number of carbonyl (C=O) groups is 2. The van der Waals surface area contributed by atoms with E-state index in [1.54, 1.807) is 0 Å². The van der Waals surface area contributed by atoms with Crippen molar-refractivity contribution in [2.45, 2.75) is 38.0 Å². The van der Waals surface area contributed by atoms with E-state index in [2.05, 4.69) is 21.2 Å². The van der Waals surface area contributed by atoms with Crippen LogP contribution in [0.2, 0.25) is 0 Å².